The number of nitrogens with one attached hydrogen (secondary N) is 1. The average Bonchev–Trinajstić information content (AvgIpc) is 3.29. The summed E-state index contributed by atoms with van der Waals surface area (Å²) in [7, 11) is 0. The molecular formula is C24H35N3O2. The molecule has 3 atom stereocenters. The zero-order chi connectivity index (χ0) is 20.2. The van der Waals surface area contributed by atoms with Crippen molar-refractivity contribution in [3.05, 3.63) is 35.9 Å². The molecule has 4 rings (SSSR count). The fraction of sp³-hybridized carbons (Fsp3) is 0.667. The number of benzene rings is 1. The lowest BCUT2D eigenvalue weighted by atomic mass is 9.87. The van der Waals surface area contributed by atoms with Crippen molar-refractivity contribution < 1.29 is 9.59 Å². The molecule has 1 aromatic rings. The third kappa shape index (κ3) is 4.82. The van der Waals surface area contributed by atoms with E-state index in [-0.39, 0.29) is 24.4 Å². The molecule has 3 aliphatic rings. The third-order valence-electron chi connectivity index (χ3n) is 7.27. The van der Waals surface area contributed by atoms with Crippen molar-refractivity contribution in [3.8, 4) is 0 Å². The first-order valence-electron chi connectivity index (χ1n) is 11.4. The zero-order valence-corrected chi connectivity index (χ0v) is 17.7. The highest BCUT2D eigenvalue weighted by molar-refractivity contribution is 5.84. The number of hydrogen-bond acceptors (Lipinski definition) is 3. The number of amides is 2. The molecule has 2 heterocycles. The van der Waals surface area contributed by atoms with E-state index in [2.05, 4.69) is 34.5 Å². The molecule has 0 bridgehead atoms. The molecule has 0 aromatic heterocycles. The number of fused-ring (bicyclic) bond motifs is 1. The Morgan fingerprint density at radius 1 is 1.03 bits per heavy atom. The van der Waals surface area contributed by atoms with Crippen molar-refractivity contribution in [2.45, 2.75) is 51.5 Å². The van der Waals surface area contributed by atoms with Crippen molar-refractivity contribution in [3.63, 3.8) is 0 Å². The number of carbonyl (C=O) groups excluding carboxylic acids is 2. The Labute approximate surface area is 174 Å². The number of carbonyl (C=O) groups is 2. The summed E-state index contributed by atoms with van der Waals surface area (Å²) < 4.78 is 0. The minimum atomic E-state index is -0.150. The lowest BCUT2D eigenvalue weighted by Crippen LogP contribution is -2.41. The molecule has 2 saturated heterocycles. The Morgan fingerprint density at radius 2 is 1.79 bits per heavy atom. The summed E-state index contributed by atoms with van der Waals surface area (Å²) in [5, 5.41) is 2.68. The largest absolute Gasteiger partial charge is 0.347 e. The van der Waals surface area contributed by atoms with Crippen LogP contribution in [0.15, 0.2) is 30.3 Å². The van der Waals surface area contributed by atoms with E-state index in [1.54, 1.807) is 0 Å². The molecule has 1 N–H and O–H groups in total. The fourth-order valence-electron chi connectivity index (χ4n) is 5.80. The lowest BCUT2D eigenvalue weighted by Gasteiger charge is -2.30. The van der Waals surface area contributed by atoms with Crippen LogP contribution in [0.4, 0.5) is 0 Å². The van der Waals surface area contributed by atoms with E-state index < -0.39 is 0 Å². The van der Waals surface area contributed by atoms with E-state index in [0.717, 1.165) is 25.6 Å². The van der Waals surface area contributed by atoms with Gasteiger partial charge in [0.05, 0.1) is 12.6 Å². The first-order chi connectivity index (χ1) is 14.1. The van der Waals surface area contributed by atoms with Gasteiger partial charge in [-0.2, -0.15) is 0 Å². The SMILES string of the molecule is CC(=O)NCC(=O)N1C[C@@H]2CN(CCC3CCCCC3)C[C@@H]2[C@H]1c1ccccc1. The summed E-state index contributed by atoms with van der Waals surface area (Å²) in [5.74, 6) is 1.84. The van der Waals surface area contributed by atoms with Gasteiger partial charge in [-0.1, -0.05) is 62.4 Å². The van der Waals surface area contributed by atoms with Crippen LogP contribution in [0.25, 0.3) is 0 Å². The van der Waals surface area contributed by atoms with E-state index in [9.17, 15) is 9.59 Å². The van der Waals surface area contributed by atoms with Crippen LogP contribution >= 0.6 is 0 Å². The maximum atomic E-state index is 12.9. The van der Waals surface area contributed by atoms with Crippen LogP contribution in [0, 0.1) is 17.8 Å². The highest BCUT2D eigenvalue weighted by Gasteiger charge is 2.48. The second kappa shape index (κ2) is 9.29. The summed E-state index contributed by atoms with van der Waals surface area (Å²) in [6, 6.07) is 10.6. The third-order valence-corrected chi connectivity index (χ3v) is 7.27. The van der Waals surface area contributed by atoms with Gasteiger partial charge in [0.2, 0.25) is 11.8 Å². The van der Waals surface area contributed by atoms with Crippen molar-refractivity contribution >= 4 is 11.8 Å². The van der Waals surface area contributed by atoms with Gasteiger partial charge in [-0.05, 0) is 30.4 Å². The predicted molar refractivity (Wildman–Crippen MR) is 114 cm³/mol. The van der Waals surface area contributed by atoms with Crippen LogP contribution in [0.3, 0.4) is 0 Å². The van der Waals surface area contributed by atoms with Crippen LogP contribution in [0.2, 0.25) is 0 Å². The molecule has 1 aliphatic carbocycles. The summed E-state index contributed by atoms with van der Waals surface area (Å²) in [5.41, 5.74) is 1.23. The van der Waals surface area contributed by atoms with Gasteiger partial charge in [0.15, 0.2) is 0 Å². The predicted octanol–water partition coefficient (Wildman–Crippen LogP) is 3.22. The van der Waals surface area contributed by atoms with Crippen LogP contribution in [-0.2, 0) is 9.59 Å². The van der Waals surface area contributed by atoms with Gasteiger partial charge < -0.3 is 15.1 Å². The Kier molecular flexibility index (Phi) is 6.53. The van der Waals surface area contributed by atoms with Gasteiger partial charge in [-0.25, -0.2) is 0 Å². The molecule has 3 fully saturated rings. The average molecular weight is 398 g/mol. The molecule has 29 heavy (non-hydrogen) atoms. The standard InChI is InChI=1S/C24H35N3O2/c1-18(28)25-14-23(29)27-16-21-15-26(13-12-19-8-4-2-5-9-19)17-22(21)24(27)20-10-6-3-7-11-20/h3,6-7,10-11,19,21-22,24H,2,4-5,8-9,12-17H2,1H3,(H,25,28)/t21-,22-,24+/m0/s1. The Balaban J connectivity index is 1.41. The van der Waals surface area contributed by atoms with Crippen LogP contribution in [0.1, 0.15) is 57.1 Å². The molecular weight excluding hydrogens is 362 g/mol. The van der Waals surface area contributed by atoms with Crippen molar-refractivity contribution in [2.24, 2.45) is 17.8 Å². The number of likely N-dealkylation sites (tertiary alicyclic amines) is 2. The van der Waals surface area contributed by atoms with Gasteiger partial charge in [-0.15, -0.1) is 0 Å². The molecule has 2 aliphatic heterocycles. The maximum absolute atomic E-state index is 12.9. The minimum absolute atomic E-state index is 0.0391. The summed E-state index contributed by atoms with van der Waals surface area (Å²) in [6.45, 7) is 5.77. The molecule has 158 valence electrons. The van der Waals surface area contributed by atoms with Crippen molar-refractivity contribution in [1.82, 2.24) is 15.1 Å². The Morgan fingerprint density at radius 3 is 2.52 bits per heavy atom. The Bertz CT molecular complexity index is 701. The van der Waals surface area contributed by atoms with E-state index in [4.69, 9.17) is 0 Å². The monoisotopic (exact) mass is 397 g/mol. The molecule has 0 unspecified atom stereocenters. The molecule has 0 radical (unpaired) electrons. The van der Waals surface area contributed by atoms with Gasteiger partial charge in [0, 0.05) is 32.5 Å². The molecule has 1 saturated carbocycles. The topological polar surface area (TPSA) is 52.7 Å². The number of nitrogens with zero attached hydrogens (tertiary/aromatic N) is 2. The summed E-state index contributed by atoms with van der Waals surface area (Å²) in [4.78, 5) is 28.8. The van der Waals surface area contributed by atoms with Crippen molar-refractivity contribution in [2.75, 3.05) is 32.7 Å². The number of hydrogen-bond donors (Lipinski definition) is 1. The van der Waals surface area contributed by atoms with Gasteiger partial charge in [0.25, 0.3) is 0 Å². The number of rotatable bonds is 6. The maximum Gasteiger partial charge on any atom is 0.242 e. The van der Waals surface area contributed by atoms with E-state index >= 15 is 0 Å². The Hall–Kier alpha value is -1.88. The van der Waals surface area contributed by atoms with Crippen LogP contribution in [-0.4, -0.2) is 54.3 Å². The molecule has 5 nitrogen and oxygen atoms in total. The second-order valence-electron chi connectivity index (χ2n) is 9.29. The van der Waals surface area contributed by atoms with Crippen molar-refractivity contribution in [1.29, 1.82) is 0 Å². The second-order valence-corrected chi connectivity index (χ2v) is 9.29. The smallest absolute Gasteiger partial charge is 0.242 e. The van der Waals surface area contributed by atoms with Gasteiger partial charge in [0.1, 0.15) is 0 Å². The quantitative estimate of drug-likeness (QED) is 0.802. The highest BCUT2D eigenvalue weighted by Crippen LogP contribution is 2.45. The molecule has 5 heteroatoms. The lowest BCUT2D eigenvalue weighted by molar-refractivity contribution is -0.133. The molecule has 1 aromatic carbocycles. The fourth-order valence-corrected chi connectivity index (χ4v) is 5.80. The van der Waals surface area contributed by atoms with Crippen LogP contribution in [0.5, 0.6) is 0 Å². The van der Waals surface area contributed by atoms with Gasteiger partial charge >= 0.3 is 0 Å². The molecule has 0 spiro atoms. The van der Waals surface area contributed by atoms with E-state index in [1.165, 1.54) is 57.6 Å². The minimum Gasteiger partial charge on any atom is -0.347 e. The highest BCUT2D eigenvalue weighted by atomic mass is 16.2. The van der Waals surface area contributed by atoms with Crippen LogP contribution < -0.4 is 5.32 Å². The zero-order valence-electron chi connectivity index (χ0n) is 17.7. The summed E-state index contributed by atoms with van der Waals surface area (Å²) in [6.07, 6.45) is 8.42. The van der Waals surface area contributed by atoms with Gasteiger partial charge in [-0.3, -0.25) is 9.59 Å². The van der Waals surface area contributed by atoms with E-state index in [0.29, 0.717) is 11.8 Å². The first kappa shape index (κ1) is 20.4. The normalized spacial score (nSPS) is 27.8. The first-order valence-corrected chi connectivity index (χ1v) is 11.4. The molecule has 2 amide bonds. The summed E-state index contributed by atoms with van der Waals surface area (Å²) >= 11 is 0. The van der Waals surface area contributed by atoms with E-state index in [1.807, 2.05) is 11.0 Å².